The fourth-order valence-electron chi connectivity index (χ4n) is 2.05. The molecular formula is C13H14N2OS. The number of pyridine rings is 1. The van der Waals surface area contributed by atoms with E-state index in [1.165, 1.54) is 10.9 Å². The fraction of sp³-hybridized carbons (Fsp3) is 0.308. The highest BCUT2D eigenvalue weighted by Gasteiger charge is 2.20. The molecule has 4 heteroatoms. The molecule has 1 aliphatic rings. The van der Waals surface area contributed by atoms with Gasteiger partial charge < -0.3 is 5.11 Å². The highest BCUT2D eigenvalue weighted by Crippen LogP contribution is 2.32. The molecule has 0 aliphatic carbocycles. The second-order valence-electron chi connectivity index (χ2n) is 4.21. The van der Waals surface area contributed by atoms with E-state index >= 15 is 0 Å². The lowest BCUT2D eigenvalue weighted by molar-refractivity contribution is 0.157. The van der Waals surface area contributed by atoms with Crippen LogP contribution in [0.25, 0.3) is 10.9 Å². The fourth-order valence-corrected chi connectivity index (χ4v) is 3.11. The highest BCUT2D eigenvalue weighted by molar-refractivity contribution is 7.99. The first-order valence-corrected chi connectivity index (χ1v) is 6.75. The van der Waals surface area contributed by atoms with Crippen molar-refractivity contribution in [2.45, 2.75) is 11.5 Å². The predicted molar refractivity (Wildman–Crippen MR) is 71.0 cm³/mol. The summed E-state index contributed by atoms with van der Waals surface area (Å²) in [7, 11) is 0. The monoisotopic (exact) mass is 246 g/mol. The van der Waals surface area contributed by atoms with Crippen molar-refractivity contribution in [3.05, 3.63) is 42.1 Å². The molecule has 1 saturated heterocycles. The number of thioether (sulfide) groups is 1. The van der Waals surface area contributed by atoms with Crippen LogP contribution in [0, 0.1) is 0 Å². The van der Waals surface area contributed by atoms with Crippen LogP contribution in [0.4, 0.5) is 0 Å². The lowest BCUT2D eigenvalue weighted by atomic mass is 10.1. The van der Waals surface area contributed by atoms with E-state index in [4.69, 9.17) is 0 Å². The third kappa shape index (κ3) is 2.29. The van der Waals surface area contributed by atoms with Crippen LogP contribution in [0.3, 0.4) is 0 Å². The van der Waals surface area contributed by atoms with E-state index in [2.05, 4.69) is 22.4 Å². The molecule has 3 nitrogen and oxygen atoms in total. The van der Waals surface area contributed by atoms with Gasteiger partial charge in [0.25, 0.3) is 0 Å². The van der Waals surface area contributed by atoms with Gasteiger partial charge in [-0.3, -0.25) is 10.3 Å². The summed E-state index contributed by atoms with van der Waals surface area (Å²) in [6.45, 7) is 0.797. The Hall–Kier alpha value is -1.10. The molecule has 2 heterocycles. The van der Waals surface area contributed by atoms with Gasteiger partial charge in [-0.05, 0) is 17.7 Å². The summed E-state index contributed by atoms with van der Waals surface area (Å²) in [6, 6.07) is 10.3. The lowest BCUT2D eigenvalue weighted by Crippen LogP contribution is -2.38. The molecule has 1 aromatic heterocycles. The molecule has 0 radical (unpaired) electrons. The van der Waals surface area contributed by atoms with Crippen molar-refractivity contribution in [2.75, 3.05) is 12.3 Å². The quantitative estimate of drug-likeness (QED) is 0.807. The molecule has 1 aromatic carbocycles. The van der Waals surface area contributed by atoms with E-state index in [0.29, 0.717) is 5.25 Å². The average molecular weight is 246 g/mol. The van der Waals surface area contributed by atoms with Crippen molar-refractivity contribution >= 4 is 22.7 Å². The van der Waals surface area contributed by atoms with Gasteiger partial charge in [0.05, 0.1) is 5.52 Å². The van der Waals surface area contributed by atoms with Crippen molar-refractivity contribution in [3.8, 4) is 0 Å². The summed E-state index contributed by atoms with van der Waals surface area (Å²) in [5.74, 6) is 0.734. The molecule has 1 aliphatic heterocycles. The lowest BCUT2D eigenvalue weighted by Gasteiger charge is -2.26. The standard InChI is InChI=1S/C13H14N2OS/c16-13-8-17-12(7-15-13)10-5-9-3-1-2-4-11(9)14-6-10/h1-6,12-13,15-16H,7-8H2. The van der Waals surface area contributed by atoms with Crippen LogP contribution in [0.5, 0.6) is 0 Å². The summed E-state index contributed by atoms with van der Waals surface area (Å²) in [5.41, 5.74) is 2.26. The van der Waals surface area contributed by atoms with Crippen LogP contribution in [0.15, 0.2) is 36.5 Å². The maximum Gasteiger partial charge on any atom is 0.114 e. The zero-order valence-electron chi connectivity index (χ0n) is 9.34. The average Bonchev–Trinajstić information content (AvgIpc) is 2.39. The van der Waals surface area contributed by atoms with Gasteiger partial charge in [-0.25, -0.2) is 0 Å². The van der Waals surface area contributed by atoms with E-state index in [-0.39, 0.29) is 6.23 Å². The molecule has 3 rings (SSSR count). The molecule has 2 unspecified atom stereocenters. The first-order valence-electron chi connectivity index (χ1n) is 5.71. The third-order valence-corrected chi connectivity index (χ3v) is 4.33. The molecule has 17 heavy (non-hydrogen) atoms. The molecule has 2 atom stereocenters. The van der Waals surface area contributed by atoms with Crippen molar-refractivity contribution < 1.29 is 5.11 Å². The van der Waals surface area contributed by atoms with E-state index < -0.39 is 0 Å². The van der Waals surface area contributed by atoms with Gasteiger partial charge in [-0.1, -0.05) is 18.2 Å². The molecule has 88 valence electrons. The second kappa shape index (κ2) is 4.64. The van der Waals surface area contributed by atoms with Crippen LogP contribution in [0.1, 0.15) is 10.8 Å². The number of aliphatic hydroxyl groups excluding tert-OH is 1. The number of benzene rings is 1. The Balaban J connectivity index is 1.90. The Morgan fingerprint density at radius 3 is 3.06 bits per heavy atom. The number of fused-ring (bicyclic) bond motifs is 1. The molecule has 2 N–H and O–H groups in total. The normalized spacial score (nSPS) is 25.0. The Morgan fingerprint density at radius 1 is 1.35 bits per heavy atom. The predicted octanol–water partition coefficient (Wildman–Crippen LogP) is 1.93. The zero-order valence-corrected chi connectivity index (χ0v) is 10.2. The van der Waals surface area contributed by atoms with E-state index in [1.54, 1.807) is 11.8 Å². The first kappa shape index (κ1) is 11.0. The molecule has 0 bridgehead atoms. The Labute approximate surface area is 104 Å². The maximum atomic E-state index is 9.40. The molecule has 0 amide bonds. The number of hydrogen-bond acceptors (Lipinski definition) is 4. The number of aromatic nitrogens is 1. The van der Waals surface area contributed by atoms with E-state index in [1.807, 2.05) is 24.4 Å². The minimum absolute atomic E-state index is 0.371. The summed E-state index contributed by atoms with van der Waals surface area (Å²) in [4.78, 5) is 4.47. The van der Waals surface area contributed by atoms with Gasteiger partial charge in [0.15, 0.2) is 0 Å². The minimum Gasteiger partial charge on any atom is -0.378 e. The van der Waals surface area contributed by atoms with Crippen LogP contribution in [-0.2, 0) is 0 Å². The van der Waals surface area contributed by atoms with Gasteiger partial charge in [-0.15, -0.1) is 11.8 Å². The summed E-state index contributed by atoms with van der Waals surface area (Å²) < 4.78 is 0. The van der Waals surface area contributed by atoms with E-state index in [0.717, 1.165) is 17.8 Å². The maximum absolute atomic E-state index is 9.40. The van der Waals surface area contributed by atoms with Crippen molar-refractivity contribution in [3.63, 3.8) is 0 Å². The van der Waals surface area contributed by atoms with Gasteiger partial charge >= 0.3 is 0 Å². The summed E-state index contributed by atoms with van der Waals surface area (Å²) in [5, 5.41) is 14.0. The number of aliphatic hydroxyl groups is 1. The highest BCUT2D eigenvalue weighted by atomic mass is 32.2. The zero-order chi connectivity index (χ0) is 11.7. The largest absolute Gasteiger partial charge is 0.378 e. The van der Waals surface area contributed by atoms with Gasteiger partial charge in [-0.2, -0.15) is 0 Å². The van der Waals surface area contributed by atoms with E-state index in [9.17, 15) is 5.11 Å². The first-order chi connectivity index (χ1) is 8.33. The van der Waals surface area contributed by atoms with Crippen LogP contribution in [-0.4, -0.2) is 28.6 Å². The summed E-state index contributed by atoms with van der Waals surface area (Å²) >= 11 is 1.78. The Morgan fingerprint density at radius 2 is 2.24 bits per heavy atom. The minimum atomic E-state index is -0.371. The van der Waals surface area contributed by atoms with Crippen molar-refractivity contribution in [2.24, 2.45) is 0 Å². The Kier molecular flexibility index (Phi) is 3.01. The van der Waals surface area contributed by atoms with Gasteiger partial charge in [0.1, 0.15) is 6.23 Å². The molecule has 0 saturated carbocycles. The number of nitrogens with one attached hydrogen (secondary N) is 1. The third-order valence-electron chi connectivity index (χ3n) is 2.98. The molecule has 1 fully saturated rings. The Bertz CT molecular complexity index is 524. The summed E-state index contributed by atoms with van der Waals surface area (Å²) in [6.07, 6.45) is 1.57. The van der Waals surface area contributed by atoms with Crippen molar-refractivity contribution in [1.82, 2.24) is 10.3 Å². The smallest absolute Gasteiger partial charge is 0.114 e. The number of nitrogens with zero attached hydrogens (tertiary/aromatic N) is 1. The number of para-hydroxylation sites is 1. The van der Waals surface area contributed by atoms with Crippen LogP contribution >= 0.6 is 11.8 Å². The van der Waals surface area contributed by atoms with Crippen LogP contribution in [0.2, 0.25) is 0 Å². The number of rotatable bonds is 1. The molecular weight excluding hydrogens is 232 g/mol. The van der Waals surface area contributed by atoms with Gasteiger partial charge in [0.2, 0.25) is 0 Å². The second-order valence-corrected chi connectivity index (χ2v) is 5.44. The SMILES string of the molecule is OC1CSC(c2cnc3ccccc3c2)CN1. The molecule has 2 aromatic rings. The van der Waals surface area contributed by atoms with Gasteiger partial charge in [0, 0.05) is 29.1 Å². The topological polar surface area (TPSA) is 45.2 Å². The number of hydrogen-bond donors (Lipinski definition) is 2. The van der Waals surface area contributed by atoms with Crippen LogP contribution < -0.4 is 5.32 Å². The molecule has 0 spiro atoms. The van der Waals surface area contributed by atoms with Crippen molar-refractivity contribution in [1.29, 1.82) is 0 Å².